The van der Waals surface area contributed by atoms with Gasteiger partial charge in [-0.3, -0.25) is 9.10 Å². The first-order valence-corrected chi connectivity index (χ1v) is 12.5. The molecule has 1 atom stereocenters. The average Bonchev–Trinajstić information content (AvgIpc) is 2.81. The number of benzene rings is 3. The largest absolute Gasteiger partial charge is 0.495 e. The summed E-state index contributed by atoms with van der Waals surface area (Å²) in [6, 6.07) is 17.2. The van der Waals surface area contributed by atoms with Crippen LogP contribution in [0, 0.1) is 6.92 Å². The standard InChI is InChI=1S/C25H24ClNO6S/c1-16-5-3-6-19(13-16)34(30,31)27-15-18(10-12-24(28)29)33-23-11-9-17(14-22(23)27)20-7-4-8-21(26)25(20)32-2/h3-9,11,13-14,18H,10,12,15H2,1-2H3,(H,28,29)/t18-/m0/s1. The van der Waals surface area contributed by atoms with E-state index in [4.69, 9.17) is 26.2 Å². The van der Waals surface area contributed by atoms with E-state index in [0.29, 0.717) is 33.3 Å². The van der Waals surface area contributed by atoms with Gasteiger partial charge in [0, 0.05) is 12.0 Å². The maximum Gasteiger partial charge on any atom is 0.303 e. The molecule has 0 saturated heterocycles. The molecule has 0 spiro atoms. The molecule has 9 heteroatoms. The van der Waals surface area contributed by atoms with E-state index in [1.165, 1.54) is 11.4 Å². The number of hydrogen-bond donors (Lipinski definition) is 1. The summed E-state index contributed by atoms with van der Waals surface area (Å²) in [5.74, 6) is -0.123. The number of para-hydroxylation sites is 1. The minimum absolute atomic E-state index is 0.00725. The van der Waals surface area contributed by atoms with Gasteiger partial charge in [-0.15, -0.1) is 0 Å². The number of fused-ring (bicyclic) bond motifs is 1. The Balaban J connectivity index is 1.83. The zero-order valence-corrected chi connectivity index (χ0v) is 20.3. The number of carboxylic acids is 1. The fourth-order valence-corrected chi connectivity index (χ4v) is 5.84. The molecule has 0 aliphatic carbocycles. The van der Waals surface area contributed by atoms with E-state index in [2.05, 4.69) is 0 Å². The van der Waals surface area contributed by atoms with Gasteiger partial charge in [-0.2, -0.15) is 0 Å². The summed E-state index contributed by atoms with van der Waals surface area (Å²) in [5.41, 5.74) is 2.59. The highest BCUT2D eigenvalue weighted by molar-refractivity contribution is 7.92. The molecule has 0 amide bonds. The van der Waals surface area contributed by atoms with Gasteiger partial charge >= 0.3 is 5.97 Å². The van der Waals surface area contributed by atoms with Crippen molar-refractivity contribution >= 4 is 33.3 Å². The number of carboxylic acid groups (broad SMARTS) is 1. The molecule has 4 rings (SSSR count). The van der Waals surface area contributed by atoms with Crippen LogP contribution in [0.4, 0.5) is 5.69 Å². The number of carbonyl (C=O) groups is 1. The third kappa shape index (κ3) is 4.69. The third-order valence-electron chi connectivity index (χ3n) is 5.63. The monoisotopic (exact) mass is 501 g/mol. The number of nitrogens with zero attached hydrogens (tertiary/aromatic N) is 1. The smallest absolute Gasteiger partial charge is 0.303 e. The van der Waals surface area contributed by atoms with Gasteiger partial charge in [0.1, 0.15) is 17.6 Å². The van der Waals surface area contributed by atoms with Crippen LogP contribution in [-0.4, -0.2) is 39.3 Å². The van der Waals surface area contributed by atoms with Crippen molar-refractivity contribution in [2.45, 2.75) is 30.8 Å². The van der Waals surface area contributed by atoms with Crippen molar-refractivity contribution in [1.82, 2.24) is 0 Å². The van der Waals surface area contributed by atoms with Gasteiger partial charge in [0.2, 0.25) is 0 Å². The molecule has 0 aromatic heterocycles. The van der Waals surface area contributed by atoms with Crippen molar-refractivity contribution < 1.29 is 27.8 Å². The SMILES string of the molecule is COc1c(Cl)cccc1-c1ccc2c(c1)N(S(=O)(=O)c1cccc(C)c1)C[C@H](CCC(=O)O)O2. The minimum Gasteiger partial charge on any atom is -0.495 e. The molecule has 3 aromatic carbocycles. The maximum atomic E-state index is 13.7. The molecule has 7 nitrogen and oxygen atoms in total. The van der Waals surface area contributed by atoms with Crippen LogP contribution in [0.2, 0.25) is 5.02 Å². The van der Waals surface area contributed by atoms with E-state index in [0.717, 1.165) is 5.56 Å². The Labute approximate surface area is 203 Å². The van der Waals surface area contributed by atoms with Crippen LogP contribution in [0.3, 0.4) is 0 Å². The number of hydrogen-bond acceptors (Lipinski definition) is 5. The normalized spacial score (nSPS) is 15.4. The van der Waals surface area contributed by atoms with Gasteiger partial charge in [0.05, 0.1) is 29.3 Å². The number of methoxy groups -OCH3 is 1. The Hall–Kier alpha value is -3.23. The lowest BCUT2D eigenvalue weighted by molar-refractivity contribution is -0.137. The number of anilines is 1. The average molecular weight is 502 g/mol. The first-order chi connectivity index (χ1) is 16.2. The summed E-state index contributed by atoms with van der Waals surface area (Å²) < 4.78 is 40.2. The third-order valence-corrected chi connectivity index (χ3v) is 7.70. The zero-order valence-electron chi connectivity index (χ0n) is 18.7. The van der Waals surface area contributed by atoms with Gasteiger partial charge in [0.25, 0.3) is 10.0 Å². The molecule has 0 unspecified atom stereocenters. The second-order valence-corrected chi connectivity index (χ2v) is 10.3. The molecule has 1 aliphatic heterocycles. The fourth-order valence-electron chi connectivity index (χ4n) is 3.99. The molecule has 3 aromatic rings. The lowest BCUT2D eigenvalue weighted by Crippen LogP contribution is -2.43. The highest BCUT2D eigenvalue weighted by Gasteiger charge is 2.35. The number of halogens is 1. The minimum atomic E-state index is -3.94. The summed E-state index contributed by atoms with van der Waals surface area (Å²) in [4.78, 5) is 11.3. The van der Waals surface area contributed by atoms with Crippen molar-refractivity contribution in [2.24, 2.45) is 0 Å². The Morgan fingerprint density at radius 1 is 1.18 bits per heavy atom. The number of rotatable bonds is 7. The highest BCUT2D eigenvalue weighted by Crippen LogP contribution is 2.43. The summed E-state index contributed by atoms with van der Waals surface area (Å²) in [6.07, 6.45) is -0.552. The number of aliphatic carboxylic acids is 1. The molecule has 0 fully saturated rings. The summed E-state index contributed by atoms with van der Waals surface area (Å²) in [7, 11) is -2.42. The number of sulfonamides is 1. The Bertz CT molecular complexity index is 1340. The Morgan fingerprint density at radius 3 is 2.65 bits per heavy atom. The van der Waals surface area contributed by atoms with E-state index in [1.807, 2.05) is 19.1 Å². The molecular weight excluding hydrogens is 478 g/mol. The molecule has 178 valence electrons. The van der Waals surface area contributed by atoms with Gasteiger partial charge in [-0.25, -0.2) is 8.42 Å². The van der Waals surface area contributed by atoms with E-state index in [-0.39, 0.29) is 24.3 Å². The van der Waals surface area contributed by atoms with Gasteiger partial charge in [-0.05, 0) is 54.8 Å². The van der Waals surface area contributed by atoms with Crippen molar-refractivity contribution in [2.75, 3.05) is 18.0 Å². The maximum absolute atomic E-state index is 13.7. The molecular formula is C25H24ClNO6S. The van der Waals surface area contributed by atoms with Crippen LogP contribution in [0.15, 0.2) is 65.6 Å². The van der Waals surface area contributed by atoms with Gasteiger partial charge in [-0.1, -0.05) is 41.9 Å². The predicted octanol–water partition coefficient (Wildman–Crippen LogP) is 5.15. The van der Waals surface area contributed by atoms with Crippen molar-refractivity contribution in [3.05, 3.63) is 71.2 Å². The quantitative estimate of drug-likeness (QED) is 0.481. The van der Waals surface area contributed by atoms with Crippen LogP contribution in [-0.2, 0) is 14.8 Å². The summed E-state index contributed by atoms with van der Waals surface area (Å²) >= 11 is 6.29. The van der Waals surface area contributed by atoms with E-state index in [9.17, 15) is 13.2 Å². The topological polar surface area (TPSA) is 93.1 Å². The molecule has 0 bridgehead atoms. The fraction of sp³-hybridized carbons (Fsp3) is 0.240. The Kier molecular flexibility index (Phi) is 6.72. The molecule has 0 radical (unpaired) electrons. The van der Waals surface area contributed by atoms with Crippen molar-refractivity contribution in [1.29, 1.82) is 0 Å². The van der Waals surface area contributed by atoms with Gasteiger partial charge < -0.3 is 14.6 Å². The molecule has 0 saturated carbocycles. The van der Waals surface area contributed by atoms with Crippen LogP contribution in [0.5, 0.6) is 11.5 Å². The first kappa shape index (κ1) is 23.9. The van der Waals surface area contributed by atoms with Gasteiger partial charge in [0.15, 0.2) is 0 Å². The van der Waals surface area contributed by atoms with E-state index in [1.54, 1.807) is 48.5 Å². The van der Waals surface area contributed by atoms with Crippen molar-refractivity contribution in [3.63, 3.8) is 0 Å². The molecule has 1 aliphatic rings. The zero-order chi connectivity index (χ0) is 24.5. The lowest BCUT2D eigenvalue weighted by atomic mass is 10.0. The van der Waals surface area contributed by atoms with Crippen LogP contribution in [0.25, 0.3) is 11.1 Å². The molecule has 34 heavy (non-hydrogen) atoms. The van der Waals surface area contributed by atoms with Crippen LogP contribution >= 0.6 is 11.6 Å². The van der Waals surface area contributed by atoms with Crippen molar-refractivity contribution in [3.8, 4) is 22.6 Å². The lowest BCUT2D eigenvalue weighted by Gasteiger charge is -2.36. The van der Waals surface area contributed by atoms with E-state index < -0.39 is 22.1 Å². The second-order valence-electron chi connectivity index (χ2n) is 8.03. The van der Waals surface area contributed by atoms with E-state index >= 15 is 0 Å². The highest BCUT2D eigenvalue weighted by atomic mass is 35.5. The summed E-state index contributed by atoms with van der Waals surface area (Å²) in [6.45, 7) is 1.82. The first-order valence-electron chi connectivity index (χ1n) is 10.7. The number of ether oxygens (including phenoxy) is 2. The molecule has 1 heterocycles. The van der Waals surface area contributed by atoms with Crippen LogP contribution in [0.1, 0.15) is 18.4 Å². The predicted molar refractivity (Wildman–Crippen MR) is 130 cm³/mol. The molecule has 1 N–H and O–H groups in total. The summed E-state index contributed by atoms with van der Waals surface area (Å²) in [5, 5.41) is 9.53. The second kappa shape index (κ2) is 9.56. The number of aryl methyl sites for hydroxylation is 1. The van der Waals surface area contributed by atoms with Crippen LogP contribution < -0.4 is 13.8 Å². The Morgan fingerprint density at radius 2 is 1.94 bits per heavy atom.